The second-order valence-corrected chi connectivity index (χ2v) is 5.69. The van der Waals surface area contributed by atoms with E-state index in [2.05, 4.69) is 10.6 Å². The zero-order valence-corrected chi connectivity index (χ0v) is 13.8. The van der Waals surface area contributed by atoms with Crippen LogP contribution in [-0.2, 0) is 19.2 Å². The number of piperazine rings is 1. The summed E-state index contributed by atoms with van der Waals surface area (Å²) in [6.07, 6.45) is 1.31. The van der Waals surface area contributed by atoms with Crippen LogP contribution in [0.3, 0.4) is 0 Å². The van der Waals surface area contributed by atoms with Gasteiger partial charge in [0.15, 0.2) is 0 Å². The van der Waals surface area contributed by atoms with Crippen LogP contribution in [0.25, 0.3) is 0 Å². The molecule has 4 N–H and O–H groups in total. The largest absolute Gasteiger partial charge is 0.343 e. The minimum Gasteiger partial charge on any atom is -0.343 e. The van der Waals surface area contributed by atoms with Crippen LogP contribution in [0, 0.1) is 0 Å². The first-order valence-corrected chi connectivity index (χ1v) is 7.77. The van der Waals surface area contributed by atoms with Crippen molar-refractivity contribution in [3.05, 3.63) is 0 Å². The van der Waals surface area contributed by atoms with Crippen LogP contribution >= 0.6 is 0 Å². The van der Waals surface area contributed by atoms with Gasteiger partial charge in [0.25, 0.3) is 0 Å². The molecule has 10 nitrogen and oxygen atoms in total. The first-order valence-electron chi connectivity index (χ1n) is 7.77. The number of hydrogen-bond donors (Lipinski definition) is 4. The predicted octanol–water partition coefficient (Wildman–Crippen LogP) is -0.995. The molecule has 1 fully saturated rings. The maximum absolute atomic E-state index is 12.0. The average Bonchev–Trinajstić information content (AvgIpc) is 2.50. The molecule has 2 atom stereocenters. The quantitative estimate of drug-likeness (QED) is 0.329. The lowest BCUT2D eigenvalue weighted by Crippen LogP contribution is -2.61. The molecule has 0 aliphatic carbocycles. The zero-order chi connectivity index (χ0) is 18.3. The van der Waals surface area contributed by atoms with Crippen molar-refractivity contribution in [2.45, 2.75) is 51.6 Å². The molecule has 0 aromatic carbocycles. The van der Waals surface area contributed by atoms with Crippen LogP contribution in [0.2, 0.25) is 0 Å². The first-order chi connectivity index (χ1) is 11.2. The van der Waals surface area contributed by atoms with Crippen molar-refractivity contribution in [1.82, 2.24) is 20.8 Å². The van der Waals surface area contributed by atoms with Gasteiger partial charge in [0.1, 0.15) is 12.1 Å². The van der Waals surface area contributed by atoms with Crippen molar-refractivity contribution in [2.24, 2.45) is 0 Å². The molecule has 0 spiro atoms. The maximum Gasteiger partial charge on any atom is 0.243 e. The van der Waals surface area contributed by atoms with Crippen LogP contribution in [-0.4, -0.2) is 69.3 Å². The molecular weight excluding hydrogens is 320 g/mol. The Morgan fingerprint density at radius 2 is 1.21 bits per heavy atom. The van der Waals surface area contributed by atoms with Gasteiger partial charge in [-0.15, -0.1) is 0 Å². The van der Waals surface area contributed by atoms with Gasteiger partial charge in [0, 0.05) is 26.9 Å². The van der Waals surface area contributed by atoms with E-state index >= 15 is 0 Å². The molecule has 4 amide bonds. The summed E-state index contributed by atoms with van der Waals surface area (Å²) in [5, 5.41) is 24.8. The fourth-order valence-electron chi connectivity index (χ4n) is 2.29. The van der Waals surface area contributed by atoms with E-state index in [0.29, 0.717) is 35.8 Å². The molecule has 0 aromatic heterocycles. The van der Waals surface area contributed by atoms with Crippen LogP contribution in [0.4, 0.5) is 0 Å². The van der Waals surface area contributed by atoms with Crippen molar-refractivity contribution in [2.75, 3.05) is 13.1 Å². The zero-order valence-electron chi connectivity index (χ0n) is 13.8. The van der Waals surface area contributed by atoms with Crippen molar-refractivity contribution >= 4 is 23.6 Å². The molecule has 10 heteroatoms. The van der Waals surface area contributed by atoms with Crippen molar-refractivity contribution in [1.29, 1.82) is 0 Å². The molecule has 1 heterocycles. The Bertz CT molecular complexity index is 454. The molecular formula is C14H24N4O6. The number of rotatable bonds is 8. The van der Waals surface area contributed by atoms with E-state index in [4.69, 9.17) is 0 Å². The smallest absolute Gasteiger partial charge is 0.243 e. The first kappa shape index (κ1) is 19.8. The average molecular weight is 344 g/mol. The van der Waals surface area contributed by atoms with Gasteiger partial charge in [-0.25, -0.2) is 10.1 Å². The van der Waals surface area contributed by atoms with Crippen LogP contribution in [0.15, 0.2) is 0 Å². The maximum atomic E-state index is 12.0. The number of hydrogen-bond acceptors (Lipinski definition) is 6. The number of carbonyl (C=O) groups excluding carboxylic acids is 4. The fourth-order valence-corrected chi connectivity index (χ4v) is 2.29. The molecule has 136 valence electrons. The molecule has 0 radical (unpaired) electrons. The van der Waals surface area contributed by atoms with E-state index in [0.717, 1.165) is 0 Å². The van der Waals surface area contributed by atoms with Gasteiger partial charge in [-0.2, -0.15) is 0 Å². The van der Waals surface area contributed by atoms with E-state index in [1.807, 2.05) is 0 Å². The Morgan fingerprint density at radius 1 is 0.875 bits per heavy atom. The standard InChI is InChI=1S/C14H24N4O6/c1-9(19)17(23)7-3-5-11-13(21)16-12(14(22)15-11)6-4-8-18(24)10(2)20/h11-12,23-24H,3-8H2,1-2H3,(H,15,22)(H,16,21)/t11-,12+. The Kier molecular flexibility index (Phi) is 7.59. The summed E-state index contributed by atoms with van der Waals surface area (Å²) in [4.78, 5) is 45.7. The number of amides is 4. The SMILES string of the molecule is CC(=O)N(O)CCC[C@@H]1NC(=O)[C@@H](CCCN(O)C(C)=O)NC1=O. The molecule has 0 bridgehead atoms. The number of nitrogens with zero attached hydrogens (tertiary/aromatic N) is 2. The Balaban J connectivity index is 2.36. The second kappa shape index (κ2) is 9.18. The molecule has 24 heavy (non-hydrogen) atoms. The molecule has 0 saturated carbocycles. The van der Waals surface area contributed by atoms with Crippen LogP contribution in [0.5, 0.6) is 0 Å². The molecule has 1 aliphatic rings. The van der Waals surface area contributed by atoms with E-state index < -0.39 is 23.9 Å². The lowest BCUT2D eigenvalue weighted by Gasteiger charge is -2.30. The fraction of sp³-hybridized carbons (Fsp3) is 0.714. The highest BCUT2D eigenvalue weighted by atomic mass is 16.5. The predicted molar refractivity (Wildman–Crippen MR) is 80.7 cm³/mol. The van der Waals surface area contributed by atoms with E-state index in [1.165, 1.54) is 13.8 Å². The van der Waals surface area contributed by atoms with Gasteiger partial charge >= 0.3 is 0 Å². The topological polar surface area (TPSA) is 139 Å². The summed E-state index contributed by atoms with van der Waals surface area (Å²) >= 11 is 0. The summed E-state index contributed by atoms with van der Waals surface area (Å²) in [6, 6.07) is -1.42. The molecule has 0 aromatic rings. The molecule has 1 saturated heterocycles. The van der Waals surface area contributed by atoms with E-state index in [-0.39, 0.29) is 24.9 Å². The Morgan fingerprint density at radius 3 is 1.50 bits per heavy atom. The highest BCUT2D eigenvalue weighted by molar-refractivity contribution is 5.96. The highest BCUT2D eigenvalue weighted by Crippen LogP contribution is 2.09. The van der Waals surface area contributed by atoms with Gasteiger partial charge in [0.05, 0.1) is 0 Å². The molecule has 1 aliphatic heterocycles. The van der Waals surface area contributed by atoms with E-state index in [1.54, 1.807) is 0 Å². The lowest BCUT2D eigenvalue weighted by atomic mass is 10.0. The summed E-state index contributed by atoms with van der Waals surface area (Å²) in [6.45, 7) is 2.60. The third-order valence-electron chi connectivity index (χ3n) is 3.72. The van der Waals surface area contributed by atoms with Crippen LogP contribution in [0.1, 0.15) is 39.5 Å². The summed E-state index contributed by atoms with van der Waals surface area (Å²) in [7, 11) is 0. The van der Waals surface area contributed by atoms with Crippen molar-refractivity contribution < 1.29 is 29.6 Å². The highest BCUT2D eigenvalue weighted by Gasteiger charge is 2.32. The number of carbonyl (C=O) groups is 4. The Hall–Kier alpha value is -2.20. The summed E-state index contributed by atoms with van der Waals surface area (Å²) in [5.74, 6) is -1.65. The third kappa shape index (κ3) is 6.13. The number of hydroxylamine groups is 4. The van der Waals surface area contributed by atoms with E-state index in [9.17, 15) is 29.6 Å². The third-order valence-corrected chi connectivity index (χ3v) is 3.72. The summed E-state index contributed by atoms with van der Waals surface area (Å²) < 4.78 is 0. The molecule has 1 rings (SSSR count). The van der Waals surface area contributed by atoms with Crippen molar-refractivity contribution in [3.63, 3.8) is 0 Å². The monoisotopic (exact) mass is 344 g/mol. The van der Waals surface area contributed by atoms with Gasteiger partial charge < -0.3 is 10.6 Å². The number of nitrogens with one attached hydrogen (secondary N) is 2. The van der Waals surface area contributed by atoms with Gasteiger partial charge in [-0.3, -0.25) is 29.6 Å². The summed E-state index contributed by atoms with van der Waals surface area (Å²) in [5.41, 5.74) is 0. The normalized spacial score (nSPS) is 20.2. The minimum absolute atomic E-state index is 0.0792. The lowest BCUT2D eigenvalue weighted by molar-refractivity contribution is -0.163. The Labute approximate surface area is 139 Å². The minimum atomic E-state index is -0.708. The van der Waals surface area contributed by atoms with Gasteiger partial charge in [-0.05, 0) is 25.7 Å². The van der Waals surface area contributed by atoms with Crippen LogP contribution < -0.4 is 10.6 Å². The molecule has 0 unspecified atom stereocenters. The van der Waals surface area contributed by atoms with Gasteiger partial charge in [0.2, 0.25) is 23.6 Å². The van der Waals surface area contributed by atoms with Crippen molar-refractivity contribution in [3.8, 4) is 0 Å². The second-order valence-electron chi connectivity index (χ2n) is 5.69. The van der Waals surface area contributed by atoms with Gasteiger partial charge in [-0.1, -0.05) is 0 Å².